The lowest BCUT2D eigenvalue weighted by atomic mass is 9.69. The summed E-state index contributed by atoms with van der Waals surface area (Å²) in [6, 6.07) is 0. The van der Waals surface area contributed by atoms with Crippen LogP contribution in [0.15, 0.2) is 5.57 Å². The van der Waals surface area contributed by atoms with Crippen LogP contribution in [-0.4, -0.2) is 40.2 Å². The Balaban J connectivity index is 1.88. The first-order valence-corrected chi connectivity index (χ1v) is 13.6. The van der Waals surface area contributed by atoms with Gasteiger partial charge in [-0.15, -0.1) is 0 Å². The van der Waals surface area contributed by atoms with E-state index in [1.807, 2.05) is 0 Å². The molecule has 2 aliphatic rings. The molecule has 196 valence electrons. The van der Waals surface area contributed by atoms with Gasteiger partial charge in [-0.1, -0.05) is 19.8 Å². The van der Waals surface area contributed by atoms with E-state index in [1.54, 1.807) is 0 Å². The first kappa shape index (κ1) is 29.1. The van der Waals surface area contributed by atoms with Gasteiger partial charge in [0, 0.05) is 47.0 Å². The summed E-state index contributed by atoms with van der Waals surface area (Å²) in [7, 11) is 0. The number of carbonyl (C=O) groups is 1. The van der Waals surface area contributed by atoms with Gasteiger partial charge in [-0.25, -0.2) is 4.79 Å². The highest BCUT2D eigenvalue weighted by atomic mass is 16.5. The van der Waals surface area contributed by atoms with Crippen LogP contribution in [-0.2, 0) is 14.3 Å². The van der Waals surface area contributed by atoms with Crippen molar-refractivity contribution >= 4 is 11.9 Å². The van der Waals surface area contributed by atoms with E-state index in [-0.39, 0.29) is 46.1 Å². The van der Waals surface area contributed by atoms with Gasteiger partial charge >= 0.3 is 5.97 Å². The van der Waals surface area contributed by atoms with Crippen LogP contribution in [0.4, 0.5) is 0 Å². The number of piperidine rings is 2. The third-order valence-electron chi connectivity index (χ3n) is 7.46. The number of esters is 1. The number of nitrogens with one attached hydrogen (secondary N) is 2. The summed E-state index contributed by atoms with van der Waals surface area (Å²) in [5, 5.41) is 7.36. The maximum Gasteiger partial charge on any atom is 0.306 e. The van der Waals surface area contributed by atoms with Crippen molar-refractivity contribution in [2.45, 2.75) is 155 Å². The Hall–Kier alpha value is -1.16. The highest BCUT2D eigenvalue weighted by Gasteiger charge is 2.41. The van der Waals surface area contributed by atoms with Crippen LogP contribution in [0.3, 0.4) is 0 Å². The molecule has 0 saturated carbocycles. The molecule has 2 saturated heterocycles. The average Bonchev–Trinajstić information content (AvgIpc) is 2.60. The topological polar surface area (TPSA) is 67.4 Å². The van der Waals surface area contributed by atoms with Gasteiger partial charge < -0.3 is 15.4 Å². The Bertz CT molecular complexity index is 714. The molecule has 0 bridgehead atoms. The number of hydrogen-bond acceptors (Lipinski definition) is 5. The number of unbranched alkanes of at least 4 members (excludes halogenated alkanes) is 1. The summed E-state index contributed by atoms with van der Waals surface area (Å²) < 4.78 is 5.87. The summed E-state index contributed by atoms with van der Waals surface area (Å²) >= 11 is 0. The zero-order valence-electron chi connectivity index (χ0n) is 23.5. The SMILES string of the molecule is CCCC(CCCCC(=O)OC1CC(C)(C)NC(C)(C)C1)C(=C=O)C1CC(C)(C)NC(C)(C)C1. The largest absolute Gasteiger partial charge is 0.462 e. The molecule has 1 unspecified atom stereocenters. The maximum absolute atomic E-state index is 12.6. The monoisotopic (exact) mass is 476 g/mol. The van der Waals surface area contributed by atoms with E-state index in [2.05, 4.69) is 78.9 Å². The average molecular weight is 477 g/mol. The van der Waals surface area contributed by atoms with Crippen LogP contribution in [0.1, 0.15) is 127 Å². The summed E-state index contributed by atoms with van der Waals surface area (Å²) in [6.45, 7) is 19.8. The molecule has 0 aromatic carbocycles. The predicted molar refractivity (Wildman–Crippen MR) is 140 cm³/mol. The third kappa shape index (κ3) is 9.13. The van der Waals surface area contributed by atoms with Crippen molar-refractivity contribution < 1.29 is 14.3 Å². The maximum atomic E-state index is 12.6. The second-order valence-corrected chi connectivity index (χ2v) is 13.7. The molecule has 2 N–H and O–H groups in total. The summed E-state index contributed by atoms with van der Waals surface area (Å²) in [4.78, 5) is 24.7. The van der Waals surface area contributed by atoms with E-state index < -0.39 is 0 Å². The molecule has 2 fully saturated rings. The fraction of sp³-hybridized carbons (Fsp3) is 0.897. The van der Waals surface area contributed by atoms with E-state index in [0.717, 1.165) is 63.4 Å². The first-order chi connectivity index (χ1) is 15.6. The number of carbonyl (C=O) groups excluding carboxylic acids is 2. The zero-order chi connectivity index (χ0) is 25.8. The molecular weight excluding hydrogens is 424 g/mol. The smallest absolute Gasteiger partial charge is 0.306 e. The lowest BCUT2D eigenvalue weighted by molar-refractivity contribution is -0.153. The van der Waals surface area contributed by atoms with Gasteiger partial charge in [-0.3, -0.25) is 4.79 Å². The van der Waals surface area contributed by atoms with Crippen molar-refractivity contribution in [1.29, 1.82) is 0 Å². The van der Waals surface area contributed by atoms with Gasteiger partial charge in [-0.2, -0.15) is 0 Å². The van der Waals surface area contributed by atoms with Gasteiger partial charge in [0.1, 0.15) is 12.0 Å². The minimum Gasteiger partial charge on any atom is -0.462 e. The molecule has 34 heavy (non-hydrogen) atoms. The number of ether oxygens (including phenoxy) is 1. The van der Waals surface area contributed by atoms with Crippen LogP contribution in [0.2, 0.25) is 0 Å². The van der Waals surface area contributed by atoms with Crippen molar-refractivity contribution in [3.63, 3.8) is 0 Å². The molecular formula is C29H52N2O3. The summed E-state index contributed by atoms with van der Waals surface area (Å²) in [6.07, 6.45) is 8.82. The Labute approximate surface area is 209 Å². The molecule has 2 aliphatic heterocycles. The Kier molecular flexibility index (Phi) is 9.64. The molecule has 0 aromatic rings. The molecule has 0 radical (unpaired) electrons. The first-order valence-electron chi connectivity index (χ1n) is 13.6. The van der Waals surface area contributed by atoms with Gasteiger partial charge in [0.2, 0.25) is 0 Å². The molecule has 5 nitrogen and oxygen atoms in total. The van der Waals surface area contributed by atoms with Crippen molar-refractivity contribution in [1.82, 2.24) is 10.6 Å². The van der Waals surface area contributed by atoms with Crippen LogP contribution in [0.5, 0.6) is 0 Å². The fourth-order valence-electron chi connectivity index (χ4n) is 7.06. The van der Waals surface area contributed by atoms with Crippen molar-refractivity contribution in [2.75, 3.05) is 0 Å². The minimum atomic E-state index is -0.0847. The van der Waals surface area contributed by atoms with Crippen LogP contribution in [0, 0.1) is 11.8 Å². The van der Waals surface area contributed by atoms with Crippen molar-refractivity contribution in [2.24, 2.45) is 11.8 Å². The second kappa shape index (κ2) is 11.3. The Morgan fingerprint density at radius 3 is 1.82 bits per heavy atom. The molecule has 0 spiro atoms. The zero-order valence-corrected chi connectivity index (χ0v) is 23.5. The predicted octanol–water partition coefficient (Wildman–Crippen LogP) is 6.13. The molecule has 0 aliphatic carbocycles. The standard InChI is InChI=1S/C29H52N2O3/c1-10-13-21(24(20-32)22-16-26(2,3)30-27(4,5)17-22)14-11-12-15-25(33)34-23-18-28(6,7)31-29(8,9)19-23/h21-23,30-31H,10-19H2,1-9H3. The Morgan fingerprint density at radius 2 is 1.35 bits per heavy atom. The summed E-state index contributed by atoms with van der Waals surface area (Å²) in [5.41, 5.74) is 0.927. The molecule has 1 atom stereocenters. The van der Waals surface area contributed by atoms with Crippen LogP contribution in [0.25, 0.3) is 0 Å². The minimum absolute atomic E-state index is 0.00676. The molecule has 2 rings (SSSR count). The summed E-state index contributed by atoms with van der Waals surface area (Å²) in [5.74, 6) is 2.85. The molecule has 2 heterocycles. The second-order valence-electron chi connectivity index (χ2n) is 13.7. The quantitative estimate of drug-likeness (QED) is 0.225. The third-order valence-corrected chi connectivity index (χ3v) is 7.46. The van der Waals surface area contributed by atoms with E-state index in [0.29, 0.717) is 6.42 Å². The van der Waals surface area contributed by atoms with Gasteiger partial charge in [0.05, 0.1) is 0 Å². The number of rotatable bonds is 10. The molecule has 0 amide bonds. The van der Waals surface area contributed by atoms with Gasteiger partial charge in [0.25, 0.3) is 0 Å². The van der Waals surface area contributed by atoms with Gasteiger partial charge in [0.15, 0.2) is 0 Å². The van der Waals surface area contributed by atoms with Crippen molar-refractivity contribution in [3.8, 4) is 0 Å². The fourth-order valence-corrected chi connectivity index (χ4v) is 7.06. The van der Waals surface area contributed by atoms with E-state index in [1.165, 1.54) is 0 Å². The van der Waals surface area contributed by atoms with Crippen LogP contribution >= 0.6 is 0 Å². The Morgan fingerprint density at radius 1 is 0.853 bits per heavy atom. The van der Waals surface area contributed by atoms with Gasteiger partial charge in [-0.05, 0) is 99.3 Å². The molecule has 5 heteroatoms. The van der Waals surface area contributed by atoms with E-state index in [9.17, 15) is 9.59 Å². The van der Waals surface area contributed by atoms with Crippen LogP contribution < -0.4 is 10.6 Å². The van der Waals surface area contributed by atoms with Crippen molar-refractivity contribution in [3.05, 3.63) is 5.57 Å². The molecule has 0 aromatic heterocycles. The van der Waals surface area contributed by atoms with E-state index in [4.69, 9.17) is 4.74 Å². The van der Waals surface area contributed by atoms with E-state index >= 15 is 0 Å². The normalized spacial score (nSPS) is 24.7. The highest BCUT2D eigenvalue weighted by Crippen LogP contribution is 2.40. The lowest BCUT2D eigenvalue weighted by Crippen LogP contribution is -2.59. The number of allylic oxidation sites excluding steroid dienone is 1. The lowest BCUT2D eigenvalue weighted by Gasteiger charge is -2.47. The highest BCUT2D eigenvalue weighted by molar-refractivity contribution is 5.69. The number of hydrogen-bond donors (Lipinski definition) is 2.